The summed E-state index contributed by atoms with van der Waals surface area (Å²) in [6.07, 6.45) is 0. The zero-order valence-corrected chi connectivity index (χ0v) is 9.53. The van der Waals surface area contributed by atoms with E-state index in [1.54, 1.807) is 0 Å². The van der Waals surface area contributed by atoms with Crippen molar-refractivity contribution in [1.29, 1.82) is 0 Å². The molecule has 0 aromatic heterocycles. The summed E-state index contributed by atoms with van der Waals surface area (Å²) in [4.78, 5) is 0. The summed E-state index contributed by atoms with van der Waals surface area (Å²) >= 11 is 4.79. The molecule has 0 bridgehead atoms. The van der Waals surface area contributed by atoms with E-state index in [0.717, 1.165) is 0 Å². The molecule has 6 nitrogen and oxygen atoms in total. The first-order valence-electron chi connectivity index (χ1n) is 3.17. The van der Waals surface area contributed by atoms with Crippen LogP contribution < -0.4 is 21.6 Å². The summed E-state index contributed by atoms with van der Waals surface area (Å²) in [6.45, 7) is 0.857. The largest absolute Gasteiger partial charge is 0.341 e. The van der Waals surface area contributed by atoms with Gasteiger partial charge in [0.05, 0.1) is 0 Å². The fourth-order valence-electron chi connectivity index (χ4n) is 0.573. The SMILES string of the molecule is CC(C)NP(N)(=S)OP(N)(N)=O. The van der Waals surface area contributed by atoms with Crippen LogP contribution in [0.3, 0.4) is 0 Å². The normalized spacial score (nSPS) is 17.8. The molecule has 0 aliphatic rings. The Bertz CT molecular complexity index is 238. The highest BCUT2D eigenvalue weighted by atomic mass is 32.5. The minimum absolute atomic E-state index is 0.0346. The fraction of sp³-hybridized carbons (Fsp3) is 1.00. The van der Waals surface area contributed by atoms with Gasteiger partial charge in [0.1, 0.15) is 0 Å². The smallest absolute Gasteiger partial charge is 0.269 e. The topological polar surface area (TPSA) is 116 Å². The van der Waals surface area contributed by atoms with E-state index in [1.165, 1.54) is 0 Å². The molecule has 0 amide bonds. The number of nitrogens with one attached hydrogen (secondary N) is 1. The zero-order valence-electron chi connectivity index (χ0n) is 6.93. The van der Waals surface area contributed by atoms with E-state index in [1.807, 2.05) is 13.8 Å². The molecule has 0 aliphatic heterocycles. The molecule has 9 heteroatoms. The summed E-state index contributed by atoms with van der Waals surface area (Å²) in [5.74, 6) is 0. The van der Waals surface area contributed by atoms with Crippen molar-refractivity contribution in [2.24, 2.45) is 16.5 Å². The molecule has 0 aromatic carbocycles. The second kappa shape index (κ2) is 4.26. The van der Waals surface area contributed by atoms with Gasteiger partial charge in [-0.05, 0) is 25.7 Å². The second-order valence-corrected chi connectivity index (χ2v) is 7.63. The van der Waals surface area contributed by atoms with Gasteiger partial charge in [-0.3, -0.25) is 15.2 Å². The Morgan fingerprint density at radius 1 is 1.42 bits per heavy atom. The maximum Gasteiger partial charge on any atom is 0.341 e. The third-order valence-corrected chi connectivity index (χ3v) is 4.47. The molecule has 0 aromatic rings. The van der Waals surface area contributed by atoms with E-state index in [4.69, 9.17) is 28.3 Å². The molecular formula is C3H14N4O2P2S. The van der Waals surface area contributed by atoms with Crippen LogP contribution in [-0.4, -0.2) is 6.04 Å². The van der Waals surface area contributed by atoms with Crippen LogP contribution in [0.4, 0.5) is 0 Å². The van der Waals surface area contributed by atoms with Crippen molar-refractivity contribution >= 4 is 26.0 Å². The Morgan fingerprint density at radius 3 is 2.08 bits per heavy atom. The molecule has 1 atom stereocenters. The Labute approximate surface area is 77.0 Å². The quantitative estimate of drug-likeness (QED) is 0.512. The molecule has 0 heterocycles. The lowest BCUT2D eigenvalue weighted by Gasteiger charge is -2.21. The van der Waals surface area contributed by atoms with Crippen LogP contribution in [-0.2, 0) is 20.7 Å². The predicted octanol–water partition coefficient (Wildman–Crippen LogP) is 0.210. The third-order valence-electron chi connectivity index (χ3n) is 0.687. The molecule has 12 heavy (non-hydrogen) atoms. The van der Waals surface area contributed by atoms with Gasteiger partial charge in [0.2, 0.25) is 6.57 Å². The maximum atomic E-state index is 10.8. The molecule has 0 aliphatic carbocycles. The molecule has 74 valence electrons. The van der Waals surface area contributed by atoms with Gasteiger partial charge in [0.15, 0.2) is 0 Å². The van der Waals surface area contributed by atoms with Gasteiger partial charge >= 0.3 is 7.67 Å². The Balaban J connectivity index is 4.25. The van der Waals surface area contributed by atoms with Crippen LogP contribution in [0.2, 0.25) is 0 Å². The molecule has 1 unspecified atom stereocenters. The minimum Gasteiger partial charge on any atom is -0.269 e. The van der Waals surface area contributed by atoms with Crippen molar-refractivity contribution < 1.29 is 8.88 Å². The van der Waals surface area contributed by atoms with Gasteiger partial charge in [0.25, 0.3) is 0 Å². The van der Waals surface area contributed by atoms with Crippen molar-refractivity contribution in [2.45, 2.75) is 19.9 Å². The van der Waals surface area contributed by atoms with Gasteiger partial charge in [-0.25, -0.2) is 15.3 Å². The van der Waals surface area contributed by atoms with Crippen LogP contribution in [0.5, 0.6) is 0 Å². The molecule has 0 saturated heterocycles. The summed E-state index contributed by atoms with van der Waals surface area (Å²) in [7, 11) is -3.59. The number of hydrogen-bond donors (Lipinski definition) is 4. The standard InChI is InChI=1S/C3H14N4O2P2S/c1-3(2)7-11(6,12)9-10(4,5)8/h3H,1-2H3,(H4,4,5,8)(H3,6,7,12). The van der Waals surface area contributed by atoms with E-state index in [-0.39, 0.29) is 6.04 Å². The molecule has 0 radical (unpaired) electrons. The van der Waals surface area contributed by atoms with Gasteiger partial charge in [0, 0.05) is 6.04 Å². The lowest BCUT2D eigenvalue weighted by atomic mass is 10.4. The average molecular weight is 232 g/mol. The highest BCUT2D eigenvalue weighted by Crippen LogP contribution is 2.47. The Kier molecular flexibility index (Phi) is 4.50. The summed E-state index contributed by atoms with van der Waals surface area (Å²) in [6, 6.07) is 0.0346. The first-order chi connectivity index (χ1) is 5.12. The van der Waals surface area contributed by atoms with Crippen LogP contribution in [0.25, 0.3) is 0 Å². The van der Waals surface area contributed by atoms with Crippen LogP contribution in [0.15, 0.2) is 0 Å². The van der Waals surface area contributed by atoms with Gasteiger partial charge < -0.3 is 0 Å². The van der Waals surface area contributed by atoms with E-state index >= 15 is 0 Å². The third kappa shape index (κ3) is 7.34. The highest BCUT2D eigenvalue weighted by molar-refractivity contribution is 8.11. The lowest BCUT2D eigenvalue weighted by molar-refractivity contribution is 0.497. The summed E-state index contributed by atoms with van der Waals surface area (Å²) < 4.78 is 15.4. The van der Waals surface area contributed by atoms with Crippen LogP contribution >= 0.6 is 14.2 Å². The Hall–Kier alpha value is 0.680. The van der Waals surface area contributed by atoms with Crippen molar-refractivity contribution in [3.63, 3.8) is 0 Å². The van der Waals surface area contributed by atoms with Crippen molar-refractivity contribution in [1.82, 2.24) is 5.09 Å². The van der Waals surface area contributed by atoms with Crippen molar-refractivity contribution in [2.75, 3.05) is 0 Å². The molecular weight excluding hydrogens is 218 g/mol. The minimum atomic E-state index is -3.59. The molecule has 0 spiro atoms. The van der Waals surface area contributed by atoms with Gasteiger partial charge in [-0.1, -0.05) is 0 Å². The van der Waals surface area contributed by atoms with Crippen molar-refractivity contribution in [3.05, 3.63) is 0 Å². The molecule has 0 saturated carbocycles. The first kappa shape index (κ1) is 12.7. The zero-order chi connectivity index (χ0) is 9.99. The summed E-state index contributed by atoms with van der Waals surface area (Å²) in [5.41, 5.74) is 15.4. The number of nitrogens with two attached hydrogens (primary N) is 3. The van der Waals surface area contributed by atoms with E-state index in [2.05, 4.69) is 9.40 Å². The Morgan fingerprint density at radius 2 is 1.83 bits per heavy atom. The monoisotopic (exact) mass is 232 g/mol. The van der Waals surface area contributed by atoms with Crippen molar-refractivity contribution in [3.8, 4) is 0 Å². The van der Waals surface area contributed by atoms with E-state index in [9.17, 15) is 4.57 Å². The predicted molar refractivity (Wildman–Crippen MR) is 53.8 cm³/mol. The fourth-order valence-corrected chi connectivity index (χ4v) is 4.57. The average Bonchev–Trinajstić information content (AvgIpc) is 1.48. The van der Waals surface area contributed by atoms with E-state index < -0.39 is 14.2 Å². The molecule has 7 N–H and O–H groups in total. The number of hydrogen-bond acceptors (Lipinski definition) is 3. The molecule has 0 fully saturated rings. The lowest BCUT2D eigenvalue weighted by Crippen LogP contribution is -2.26. The molecule has 0 rings (SSSR count). The number of rotatable bonds is 4. The maximum absolute atomic E-state index is 10.8. The van der Waals surface area contributed by atoms with Crippen LogP contribution in [0, 0.1) is 0 Å². The first-order valence-corrected chi connectivity index (χ1v) is 7.72. The highest BCUT2D eigenvalue weighted by Gasteiger charge is 2.21. The van der Waals surface area contributed by atoms with Gasteiger partial charge in [-0.2, -0.15) is 0 Å². The van der Waals surface area contributed by atoms with E-state index in [0.29, 0.717) is 0 Å². The van der Waals surface area contributed by atoms with Crippen LogP contribution in [0.1, 0.15) is 13.8 Å². The van der Waals surface area contributed by atoms with Gasteiger partial charge in [-0.15, -0.1) is 0 Å². The summed E-state index contributed by atoms with van der Waals surface area (Å²) in [5, 5.41) is 2.72. The second-order valence-electron chi connectivity index (χ2n) is 2.61.